The highest BCUT2D eigenvalue weighted by Crippen LogP contribution is 2.23. The number of aryl methyl sites for hydroxylation is 1. The standard InChI is InChI=1S/C22H24N4O2/c1-2-15-8-3-4-10-17(15)24-21(27)16-9-7-13-26(14-16)20-22(28)25-19-12-6-5-11-18(19)23-20/h3-6,8,10-12,16H,2,7,9,13-14H2,1H3,(H,24,27)(H,25,28). The Labute approximate surface area is 163 Å². The molecule has 1 fully saturated rings. The molecule has 2 aromatic carbocycles. The Balaban J connectivity index is 1.54. The van der Waals surface area contributed by atoms with Gasteiger partial charge in [0, 0.05) is 18.8 Å². The van der Waals surface area contributed by atoms with Gasteiger partial charge in [0.05, 0.1) is 17.0 Å². The second-order valence-electron chi connectivity index (χ2n) is 7.19. The zero-order chi connectivity index (χ0) is 19.5. The maximum absolute atomic E-state index is 12.9. The number of piperidine rings is 1. The van der Waals surface area contributed by atoms with Crippen LogP contribution in [0.2, 0.25) is 0 Å². The van der Waals surface area contributed by atoms with Crippen molar-refractivity contribution in [3.8, 4) is 0 Å². The van der Waals surface area contributed by atoms with Crippen LogP contribution in [0.4, 0.5) is 11.5 Å². The maximum Gasteiger partial charge on any atom is 0.291 e. The van der Waals surface area contributed by atoms with Gasteiger partial charge in [-0.3, -0.25) is 9.59 Å². The molecule has 2 heterocycles. The molecule has 6 heteroatoms. The quantitative estimate of drug-likeness (QED) is 0.732. The molecule has 0 radical (unpaired) electrons. The number of para-hydroxylation sites is 3. The van der Waals surface area contributed by atoms with E-state index in [2.05, 4.69) is 22.2 Å². The minimum Gasteiger partial charge on any atom is -0.351 e. The van der Waals surface area contributed by atoms with E-state index < -0.39 is 0 Å². The van der Waals surface area contributed by atoms with Crippen molar-refractivity contribution in [3.63, 3.8) is 0 Å². The molecule has 3 aromatic rings. The Morgan fingerprint density at radius 3 is 2.86 bits per heavy atom. The molecule has 0 spiro atoms. The Kier molecular flexibility index (Phi) is 5.10. The molecule has 144 valence electrons. The van der Waals surface area contributed by atoms with Crippen molar-refractivity contribution >= 4 is 28.4 Å². The molecule has 1 aliphatic heterocycles. The van der Waals surface area contributed by atoms with Gasteiger partial charge in [-0.1, -0.05) is 37.3 Å². The minimum atomic E-state index is -0.212. The summed E-state index contributed by atoms with van der Waals surface area (Å²) in [6, 6.07) is 15.4. The monoisotopic (exact) mass is 376 g/mol. The summed E-state index contributed by atoms with van der Waals surface area (Å²) in [5, 5.41) is 3.08. The first kappa shape index (κ1) is 18.2. The summed E-state index contributed by atoms with van der Waals surface area (Å²) in [5.74, 6) is 0.222. The van der Waals surface area contributed by atoms with Crippen molar-refractivity contribution in [1.29, 1.82) is 0 Å². The Morgan fingerprint density at radius 1 is 1.21 bits per heavy atom. The largest absolute Gasteiger partial charge is 0.351 e. The number of carbonyl (C=O) groups excluding carboxylic acids is 1. The van der Waals surface area contributed by atoms with Crippen LogP contribution in [0, 0.1) is 5.92 Å². The van der Waals surface area contributed by atoms with Crippen LogP contribution < -0.4 is 15.8 Å². The fourth-order valence-corrected chi connectivity index (χ4v) is 3.80. The molecule has 0 bridgehead atoms. The van der Waals surface area contributed by atoms with E-state index in [1.165, 1.54) is 0 Å². The van der Waals surface area contributed by atoms with Crippen LogP contribution in [0.15, 0.2) is 53.3 Å². The summed E-state index contributed by atoms with van der Waals surface area (Å²) in [6.07, 6.45) is 2.52. The van der Waals surface area contributed by atoms with Crippen molar-refractivity contribution < 1.29 is 4.79 Å². The Morgan fingerprint density at radius 2 is 2.00 bits per heavy atom. The van der Waals surface area contributed by atoms with E-state index in [1.54, 1.807) is 0 Å². The van der Waals surface area contributed by atoms with Gasteiger partial charge in [0.25, 0.3) is 5.56 Å². The van der Waals surface area contributed by atoms with Crippen LogP contribution in [-0.4, -0.2) is 29.0 Å². The number of H-pyrrole nitrogens is 1. The number of rotatable bonds is 4. The van der Waals surface area contributed by atoms with Gasteiger partial charge in [-0.05, 0) is 43.0 Å². The molecular weight excluding hydrogens is 352 g/mol. The van der Waals surface area contributed by atoms with E-state index in [9.17, 15) is 9.59 Å². The Hall–Kier alpha value is -3.15. The first-order valence-electron chi connectivity index (χ1n) is 9.78. The van der Waals surface area contributed by atoms with E-state index in [0.29, 0.717) is 12.4 Å². The number of anilines is 2. The number of benzene rings is 2. The number of hydrogen-bond acceptors (Lipinski definition) is 4. The van der Waals surface area contributed by atoms with Crippen molar-refractivity contribution in [2.45, 2.75) is 26.2 Å². The highest BCUT2D eigenvalue weighted by Gasteiger charge is 2.28. The third-order valence-corrected chi connectivity index (χ3v) is 5.33. The number of amides is 1. The second kappa shape index (κ2) is 7.84. The van der Waals surface area contributed by atoms with E-state index in [1.807, 2.05) is 53.4 Å². The van der Waals surface area contributed by atoms with Crippen LogP contribution in [0.1, 0.15) is 25.3 Å². The zero-order valence-electron chi connectivity index (χ0n) is 15.9. The van der Waals surface area contributed by atoms with E-state index in [-0.39, 0.29) is 17.4 Å². The van der Waals surface area contributed by atoms with Gasteiger partial charge in [0.1, 0.15) is 0 Å². The second-order valence-corrected chi connectivity index (χ2v) is 7.19. The van der Waals surface area contributed by atoms with Gasteiger partial charge in [0.2, 0.25) is 5.91 Å². The first-order chi connectivity index (χ1) is 13.7. The molecule has 28 heavy (non-hydrogen) atoms. The van der Waals surface area contributed by atoms with Gasteiger partial charge in [-0.15, -0.1) is 0 Å². The number of nitrogens with one attached hydrogen (secondary N) is 2. The van der Waals surface area contributed by atoms with Crippen LogP contribution in [0.5, 0.6) is 0 Å². The smallest absolute Gasteiger partial charge is 0.291 e. The average molecular weight is 376 g/mol. The summed E-state index contributed by atoms with van der Waals surface area (Å²) in [5.41, 5.74) is 3.25. The third-order valence-electron chi connectivity index (χ3n) is 5.33. The van der Waals surface area contributed by atoms with E-state index >= 15 is 0 Å². The van der Waals surface area contributed by atoms with Gasteiger partial charge in [0.15, 0.2) is 5.82 Å². The van der Waals surface area contributed by atoms with Crippen LogP contribution >= 0.6 is 0 Å². The molecule has 1 unspecified atom stereocenters. The molecule has 1 aliphatic rings. The maximum atomic E-state index is 12.9. The van der Waals surface area contributed by atoms with E-state index in [4.69, 9.17) is 0 Å². The van der Waals surface area contributed by atoms with Crippen molar-refractivity contribution in [2.24, 2.45) is 5.92 Å². The molecule has 0 aliphatic carbocycles. The van der Waals surface area contributed by atoms with Gasteiger partial charge in [-0.2, -0.15) is 0 Å². The summed E-state index contributed by atoms with van der Waals surface area (Å²) in [6.45, 7) is 3.29. The van der Waals surface area contributed by atoms with Crippen LogP contribution in [0.25, 0.3) is 11.0 Å². The zero-order valence-corrected chi connectivity index (χ0v) is 15.9. The number of fused-ring (bicyclic) bond motifs is 1. The predicted octanol–water partition coefficient (Wildman–Crippen LogP) is 3.34. The topological polar surface area (TPSA) is 78.1 Å². The number of aromatic amines is 1. The van der Waals surface area contributed by atoms with Crippen molar-refractivity contribution in [2.75, 3.05) is 23.3 Å². The van der Waals surface area contributed by atoms with Crippen LogP contribution in [0.3, 0.4) is 0 Å². The summed E-state index contributed by atoms with van der Waals surface area (Å²) < 4.78 is 0. The van der Waals surface area contributed by atoms with Gasteiger partial charge < -0.3 is 15.2 Å². The molecule has 1 saturated heterocycles. The summed E-state index contributed by atoms with van der Waals surface area (Å²) in [7, 11) is 0. The number of nitrogens with zero attached hydrogens (tertiary/aromatic N) is 2. The molecule has 0 saturated carbocycles. The molecule has 1 atom stereocenters. The number of hydrogen-bond donors (Lipinski definition) is 2. The lowest BCUT2D eigenvalue weighted by Crippen LogP contribution is -2.43. The molecule has 4 rings (SSSR count). The molecule has 1 aromatic heterocycles. The number of carbonyl (C=O) groups is 1. The fourth-order valence-electron chi connectivity index (χ4n) is 3.80. The SMILES string of the molecule is CCc1ccccc1NC(=O)C1CCCN(c2nc3ccccc3[nH]c2=O)C1. The fraction of sp³-hybridized carbons (Fsp3) is 0.318. The molecular formula is C22H24N4O2. The lowest BCUT2D eigenvalue weighted by molar-refractivity contribution is -0.120. The lowest BCUT2D eigenvalue weighted by Gasteiger charge is -2.32. The predicted molar refractivity (Wildman–Crippen MR) is 112 cm³/mol. The van der Waals surface area contributed by atoms with Crippen LogP contribution in [-0.2, 0) is 11.2 Å². The average Bonchev–Trinajstić information content (AvgIpc) is 2.73. The van der Waals surface area contributed by atoms with E-state index in [0.717, 1.165) is 48.1 Å². The Bertz CT molecular complexity index is 1060. The van der Waals surface area contributed by atoms with Crippen molar-refractivity contribution in [1.82, 2.24) is 9.97 Å². The molecule has 6 nitrogen and oxygen atoms in total. The summed E-state index contributed by atoms with van der Waals surface area (Å²) >= 11 is 0. The van der Waals surface area contributed by atoms with Gasteiger partial charge in [-0.25, -0.2) is 4.98 Å². The van der Waals surface area contributed by atoms with Crippen molar-refractivity contribution in [3.05, 3.63) is 64.4 Å². The molecule has 2 N–H and O–H groups in total. The van der Waals surface area contributed by atoms with Gasteiger partial charge >= 0.3 is 0 Å². The lowest BCUT2D eigenvalue weighted by atomic mass is 9.96. The highest BCUT2D eigenvalue weighted by atomic mass is 16.2. The normalized spacial score (nSPS) is 16.9. The highest BCUT2D eigenvalue weighted by molar-refractivity contribution is 5.93. The first-order valence-corrected chi connectivity index (χ1v) is 9.78. The molecule has 1 amide bonds. The third kappa shape index (κ3) is 3.63. The number of aromatic nitrogens is 2. The minimum absolute atomic E-state index is 0.00261. The summed E-state index contributed by atoms with van der Waals surface area (Å²) in [4.78, 5) is 34.8.